The molecule has 1 aromatic heterocycles. The average Bonchev–Trinajstić information content (AvgIpc) is 3.03. The molecule has 1 amide bonds. The number of hydrogen-bond donors (Lipinski definition) is 1. The highest BCUT2D eigenvalue weighted by Gasteiger charge is 2.15. The van der Waals surface area contributed by atoms with Crippen molar-refractivity contribution in [3.05, 3.63) is 56.9 Å². The molecule has 0 saturated heterocycles. The number of anilines is 1. The van der Waals surface area contributed by atoms with E-state index < -0.39 is 0 Å². The summed E-state index contributed by atoms with van der Waals surface area (Å²) in [6, 6.07) is 11.0. The fraction of sp³-hybridized carbons (Fsp3) is 0.176. The molecule has 0 unspecified atom stereocenters. The number of nitrogens with one attached hydrogen (secondary N) is 1. The summed E-state index contributed by atoms with van der Waals surface area (Å²) >= 11 is 2.18. The highest BCUT2D eigenvalue weighted by Crippen LogP contribution is 2.27. The van der Waals surface area contributed by atoms with Gasteiger partial charge in [-0.1, -0.05) is 12.1 Å². The number of hydrogen-bond acceptors (Lipinski definition) is 5. The molecule has 25 heavy (non-hydrogen) atoms. The van der Waals surface area contributed by atoms with Crippen molar-refractivity contribution in [2.24, 2.45) is 0 Å². The van der Waals surface area contributed by atoms with E-state index in [0.29, 0.717) is 28.5 Å². The topological polar surface area (TPSA) is 81.9 Å². The molecule has 1 heterocycles. The van der Waals surface area contributed by atoms with Crippen LogP contribution >= 0.6 is 22.6 Å². The molecule has 0 spiro atoms. The van der Waals surface area contributed by atoms with E-state index in [4.69, 9.17) is 4.74 Å². The Kier molecular flexibility index (Phi) is 4.98. The molecule has 0 saturated carbocycles. The Hall–Kier alpha value is -2.49. The van der Waals surface area contributed by atoms with Crippen LogP contribution in [0.15, 0.2) is 36.4 Å². The molecule has 0 radical (unpaired) electrons. The van der Waals surface area contributed by atoms with Gasteiger partial charge in [0, 0.05) is 9.26 Å². The Bertz CT molecular complexity index is 939. The van der Waals surface area contributed by atoms with Crippen molar-refractivity contribution >= 4 is 34.2 Å². The van der Waals surface area contributed by atoms with Gasteiger partial charge in [0.1, 0.15) is 11.4 Å². The standard InChI is InChI=1S/C17H16IN5O2/c1-10-5-4-6-13(16(10)18)17(24)19-12-7-8-15(25-3)14(9-12)23-11(2)20-21-22-23/h4-9H,1-3H3,(H,19,24). The van der Waals surface area contributed by atoms with Gasteiger partial charge in [0.2, 0.25) is 0 Å². The number of amides is 1. The van der Waals surface area contributed by atoms with E-state index in [1.54, 1.807) is 43.0 Å². The van der Waals surface area contributed by atoms with E-state index in [0.717, 1.165) is 9.13 Å². The van der Waals surface area contributed by atoms with Crippen molar-refractivity contribution in [3.63, 3.8) is 0 Å². The van der Waals surface area contributed by atoms with E-state index in [2.05, 4.69) is 43.4 Å². The van der Waals surface area contributed by atoms with Gasteiger partial charge in [-0.3, -0.25) is 4.79 Å². The zero-order valence-electron chi connectivity index (χ0n) is 13.9. The first-order valence-corrected chi connectivity index (χ1v) is 8.59. The summed E-state index contributed by atoms with van der Waals surface area (Å²) in [6.45, 7) is 3.77. The predicted molar refractivity (Wildman–Crippen MR) is 102 cm³/mol. The number of ether oxygens (including phenoxy) is 1. The minimum atomic E-state index is -0.169. The SMILES string of the molecule is COc1ccc(NC(=O)c2cccc(C)c2I)cc1-n1nnnc1C. The average molecular weight is 449 g/mol. The molecule has 7 nitrogen and oxygen atoms in total. The van der Waals surface area contributed by atoms with E-state index >= 15 is 0 Å². The van der Waals surface area contributed by atoms with Crippen LogP contribution in [0.3, 0.4) is 0 Å². The highest BCUT2D eigenvalue weighted by atomic mass is 127. The number of carbonyl (C=O) groups is 1. The minimum absolute atomic E-state index is 0.169. The van der Waals surface area contributed by atoms with E-state index in [1.165, 1.54) is 0 Å². The Labute approximate surface area is 158 Å². The maximum atomic E-state index is 12.6. The molecule has 128 valence electrons. The number of nitrogens with zero attached hydrogens (tertiary/aromatic N) is 4. The number of rotatable bonds is 4. The Morgan fingerprint density at radius 1 is 1.24 bits per heavy atom. The van der Waals surface area contributed by atoms with E-state index in [1.807, 2.05) is 19.1 Å². The lowest BCUT2D eigenvalue weighted by molar-refractivity contribution is 0.102. The lowest BCUT2D eigenvalue weighted by Gasteiger charge is -2.12. The third-order valence-corrected chi connectivity index (χ3v) is 5.16. The van der Waals surface area contributed by atoms with Gasteiger partial charge in [-0.05, 0) is 76.7 Å². The van der Waals surface area contributed by atoms with Crippen LogP contribution < -0.4 is 10.1 Å². The second-order valence-corrected chi connectivity index (χ2v) is 6.49. The molecule has 0 atom stereocenters. The van der Waals surface area contributed by atoms with Crippen LogP contribution in [-0.4, -0.2) is 33.2 Å². The first-order chi connectivity index (χ1) is 12.0. The Morgan fingerprint density at radius 3 is 2.72 bits per heavy atom. The normalized spacial score (nSPS) is 10.6. The second kappa shape index (κ2) is 7.18. The van der Waals surface area contributed by atoms with Crippen LogP contribution in [0.1, 0.15) is 21.7 Å². The van der Waals surface area contributed by atoms with Gasteiger partial charge in [-0.2, -0.15) is 4.68 Å². The van der Waals surface area contributed by atoms with Crippen LogP contribution in [0.2, 0.25) is 0 Å². The smallest absolute Gasteiger partial charge is 0.256 e. The van der Waals surface area contributed by atoms with E-state index in [-0.39, 0.29) is 5.91 Å². The molecule has 3 rings (SSSR count). The first-order valence-electron chi connectivity index (χ1n) is 7.51. The van der Waals surface area contributed by atoms with Gasteiger partial charge in [-0.15, -0.1) is 5.10 Å². The lowest BCUT2D eigenvalue weighted by Crippen LogP contribution is -2.14. The Morgan fingerprint density at radius 2 is 2.04 bits per heavy atom. The molecule has 0 fully saturated rings. The third-order valence-electron chi connectivity index (χ3n) is 3.73. The summed E-state index contributed by atoms with van der Waals surface area (Å²) in [6.07, 6.45) is 0. The summed E-state index contributed by atoms with van der Waals surface area (Å²) in [5, 5.41) is 14.4. The number of aryl methyl sites for hydroxylation is 2. The molecule has 1 N–H and O–H groups in total. The van der Waals surface area contributed by atoms with Crippen molar-refractivity contribution in [2.75, 3.05) is 12.4 Å². The third kappa shape index (κ3) is 3.48. The monoisotopic (exact) mass is 449 g/mol. The predicted octanol–water partition coefficient (Wildman–Crippen LogP) is 3.14. The zero-order valence-corrected chi connectivity index (χ0v) is 16.1. The van der Waals surface area contributed by atoms with Gasteiger partial charge in [0.25, 0.3) is 5.91 Å². The van der Waals surface area contributed by atoms with Crippen molar-refractivity contribution < 1.29 is 9.53 Å². The zero-order chi connectivity index (χ0) is 18.0. The first kappa shape index (κ1) is 17.3. The molecule has 0 aliphatic rings. The summed E-state index contributed by atoms with van der Waals surface area (Å²) < 4.78 is 7.87. The number of halogens is 1. The molecule has 2 aromatic carbocycles. The van der Waals surface area contributed by atoms with Crippen LogP contribution in [0.4, 0.5) is 5.69 Å². The maximum absolute atomic E-state index is 12.6. The number of methoxy groups -OCH3 is 1. The van der Waals surface area contributed by atoms with Crippen molar-refractivity contribution in [3.8, 4) is 11.4 Å². The molecular formula is C17H16IN5O2. The van der Waals surface area contributed by atoms with Gasteiger partial charge in [0.15, 0.2) is 5.82 Å². The van der Waals surface area contributed by atoms with Gasteiger partial charge >= 0.3 is 0 Å². The number of tetrazole rings is 1. The summed E-state index contributed by atoms with van der Waals surface area (Å²) in [5.74, 6) is 1.06. The minimum Gasteiger partial charge on any atom is -0.494 e. The number of benzene rings is 2. The van der Waals surface area contributed by atoms with Crippen LogP contribution in [-0.2, 0) is 0 Å². The Balaban J connectivity index is 1.95. The summed E-state index contributed by atoms with van der Waals surface area (Å²) in [5.41, 5.74) is 2.99. The van der Waals surface area contributed by atoms with Crippen LogP contribution in [0.5, 0.6) is 5.75 Å². The molecule has 0 aliphatic heterocycles. The quantitative estimate of drug-likeness (QED) is 0.619. The molecular weight excluding hydrogens is 433 g/mol. The molecule has 8 heteroatoms. The van der Waals surface area contributed by atoms with E-state index in [9.17, 15) is 4.79 Å². The van der Waals surface area contributed by atoms with Crippen molar-refractivity contribution in [2.45, 2.75) is 13.8 Å². The number of aromatic nitrogens is 4. The largest absolute Gasteiger partial charge is 0.494 e. The maximum Gasteiger partial charge on any atom is 0.256 e. The summed E-state index contributed by atoms with van der Waals surface area (Å²) in [7, 11) is 1.58. The second-order valence-electron chi connectivity index (χ2n) is 5.42. The highest BCUT2D eigenvalue weighted by molar-refractivity contribution is 14.1. The van der Waals surface area contributed by atoms with Crippen LogP contribution in [0.25, 0.3) is 5.69 Å². The van der Waals surface area contributed by atoms with Gasteiger partial charge in [0.05, 0.1) is 12.7 Å². The van der Waals surface area contributed by atoms with Crippen molar-refractivity contribution in [1.29, 1.82) is 0 Å². The van der Waals surface area contributed by atoms with Gasteiger partial charge < -0.3 is 10.1 Å². The van der Waals surface area contributed by atoms with Crippen LogP contribution in [0, 0.1) is 17.4 Å². The molecule has 3 aromatic rings. The molecule has 0 bridgehead atoms. The lowest BCUT2D eigenvalue weighted by atomic mass is 10.1. The van der Waals surface area contributed by atoms with Crippen molar-refractivity contribution in [1.82, 2.24) is 20.2 Å². The fourth-order valence-corrected chi connectivity index (χ4v) is 3.01. The summed E-state index contributed by atoms with van der Waals surface area (Å²) in [4.78, 5) is 12.6. The molecule has 0 aliphatic carbocycles. The number of carbonyl (C=O) groups excluding carboxylic acids is 1. The fourth-order valence-electron chi connectivity index (χ4n) is 2.41. The van der Waals surface area contributed by atoms with Gasteiger partial charge in [-0.25, -0.2) is 0 Å².